The van der Waals surface area contributed by atoms with Crippen LogP contribution in [0.25, 0.3) is 0 Å². The minimum Gasteiger partial charge on any atom is -0.357 e. The molecule has 0 saturated heterocycles. The van der Waals surface area contributed by atoms with Crippen molar-refractivity contribution in [3.63, 3.8) is 0 Å². The number of aromatic nitrogens is 3. The van der Waals surface area contributed by atoms with E-state index in [0.717, 1.165) is 31.3 Å². The van der Waals surface area contributed by atoms with Gasteiger partial charge in [-0.1, -0.05) is 0 Å². The van der Waals surface area contributed by atoms with Gasteiger partial charge in [-0.2, -0.15) is 5.10 Å². The first-order valence-corrected chi connectivity index (χ1v) is 8.39. The molecule has 0 spiro atoms. The van der Waals surface area contributed by atoms with Crippen LogP contribution >= 0.6 is 27.3 Å². The maximum atomic E-state index is 4.52. The Labute approximate surface area is 136 Å². The van der Waals surface area contributed by atoms with E-state index in [1.807, 2.05) is 7.05 Å². The summed E-state index contributed by atoms with van der Waals surface area (Å²) in [4.78, 5) is 10.0. The van der Waals surface area contributed by atoms with Crippen LogP contribution in [0.2, 0.25) is 0 Å². The number of aryl methyl sites for hydroxylation is 1. The zero-order valence-electron chi connectivity index (χ0n) is 12.1. The molecule has 2 rings (SSSR count). The zero-order valence-corrected chi connectivity index (χ0v) is 14.5. The molecule has 2 aromatic rings. The highest BCUT2D eigenvalue weighted by Crippen LogP contribution is 2.21. The lowest BCUT2D eigenvalue weighted by Crippen LogP contribution is -2.38. The second-order valence-corrected chi connectivity index (χ2v) is 6.93. The molecule has 0 aliphatic carbocycles. The molecule has 0 radical (unpaired) electrons. The van der Waals surface area contributed by atoms with E-state index < -0.39 is 0 Å². The van der Waals surface area contributed by atoms with E-state index in [4.69, 9.17) is 0 Å². The van der Waals surface area contributed by atoms with Crippen LogP contribution in [-0.2, 0) is 20.0 Å². The van der Waals surface area contributed by atoms with Crippen molar-refractivity contribution in [2.45, 2.75) is 19.9 Å². The summed E-state index contributed by atoms with van der Waals surface area (Å²) in [6.45, 7) is 4.24. The minimum atomic E-state index is 0.510. The third kappa shape index (κ3) is 5.13. The predicted octanol–water partition coefficient (Wildman–Crippen LogP) is 1.94. The Morgan fingerprint density at radius 2 is 2.29 bits per heavy atom. The second kappa shape index (κ2) is 8.14. The van der Waals surface area contributed by atoms with Gasteiger partial charge >= 0.3 is 0 Å². The lowest BCUT2D eigenvalue weighted by atomic mass is 10.3. The molecule has 0 aliphatic heterocycles. The Morgan fingerprint density at radius 1 is 1.43 bits per heavy atom. The zero-order chi connectivity index (χ0) is 15.1. The van der Waals surface area contributed by atoms with Crippen molar-refractivity contribution in [3.05, 3.63) is 32.9 Å². The summed E-state index contributed by atoms with van der Waals surface area (Å²) in [5.41, 5.74) is 0. The average molecular weight is 371 g/mol. The van der Waals surface area contributed by atoms with E-state index in [2.05, 4.69) is 60.7 Å². The van der Waals surface area contributed by atoms with Crippen LogP contribution in [0.5, 0.6) is 0 Å². The van der Waals surface area contributed by atoms with Gasteiger partial charge in [0.1, 0.15) is 18.7 Å². The van der Waals surface area contributed by atoms with E-state index in [1.54, 1.807) is 22.3 Å². The molecular formula is C13H19BrN6S. The van der Waals surface area contributed by atoms with Gasteiger partial charge in [-0.3, -0.25) is 4.68 Å². The van der Waals surface area contributed by atoms with Crippen LogP contribution in [0.1, 0.15) is 17.6 Å². The first-order valence-electron chi connectivity index (χ1n) is 6.78. The molecule has 8 heteroatoms. The van der Waals surface area contributed by atoms with Crippen molar-refractivity contribution >= 4 is 33.2 Å². The number of aliphatic imine (C=N–C) groups is 1. The molecular weight excluding hydrogens is 352 g/mol. The van der Waals surface area contributed by atoms with Crippen molar-refractivity contribution in [2.75, 3.05) is 13.1 Å². The van der Waals surface area contributed by atoms with Crippen LogP contribution in [0.3, 0.4) is 0 Å². The van der Waals surface area contributed by atoms with Crippen LogP contribution < -0.4 is 10.6 Å². The number of hydrogen-bond acceptors (Lipinski definition) is 4. The Bertz CT molecular complexity index is 591. The Morgan fingerprint density at radius 3 is 2.90 bits per heavy atom. The van der Waals surface area contributed by atoms with E-state index in [0.29, 0.717) is 6.54 Å². The number of nitrogens with zero attached hydrogens (tertiary/aromatic N) is 4. The maximum Gasteiger partial charge on any atom is 0.191 e. The number of thiophene rings is 1. The Balaban J connectivity index is 1.85. The Hall–Kier alpha value is -1.41. The molecule has 0 aliphatic rings. The van der Waals surface area contributed by atoms with Gasteiger partial charge in [0.25, 0.3) is 0 Å². The lowest BCUT2D eigenvalue weighted by molar-refractivity contribution is 0.697. The van der Waals surface area contributed by atoms with Crippen molar-refractivity contribution < 1.29 is 0 Å². The number of guanidine groups is 1. The maximum absolute atomic E-state index is 4.52. The van der Waals surface area contributed by atoms with E-state index >= 15 is 0 Å². The average Bonchev–Trinajstić information content (AvgIpc) is 3.05. The first-order chi connectivity index (χ1) is 10.2. The summed E-state index contributed by atoms with van der Waals surface area (Å²) in [7, 11) is 1.87. The minimum absolute atomic E-state index is 0.510. The van der Waals surface area contributed by atoms with Crippen molar-refractivity contribution in [1.82, 2.24) is 25.4 Å². The van der Waals surface area contributed by atoms with E-state index in [1.165, 1.54) is 8.66 Å². The molecule has 114 valence electrons. The number of rotatable bonds is 6. The van der Waals surface area contributed by atoms with Crippen LogP contribution in [0.4, 0.5) is 0 Å². The summed E-state index contributed by atoms with van der Waals surface area (Å²) in [5, 5.41) is 10.6. The van der Waals surface area contributed by atoms with Gasteiger partial charge in [0, 0.05) is 25.0 Å². The summed E-state index contributed by atoms with van der Waals surface area (Å²) in [5.74, 6) is 1.64. The fourth-order valence-corrected chi connectivity index (χ4v) is 3.23. The lowest BCUT2D eigenvalue weighted by Gasteiger charge is -2.10. The van der Waals surface area contributed by atoms with Crippen molar-refractivity contribution in [2.24, 2.45) is 12.0 Å². The van der Waals surface area contributed by atoms with Gasteiger partial charge in [0.2, 0.25) is 0 Å². The van der Waals surface area contributed by atoms with Gasteiger partial charge in [0.05, 0.1) is 3.79 Å². The SMILES string of the molecule is CCNC(=NCc1ncnn1C)NCCc1ccc(Br)s1. The molecule has 2 heterocycles. The van der Waals surface area contributed by atoms with Gasteiger partial charge in [-0.05, 0) is 41.4 Å². The van der Waals surface area contributed by atoms with Crippen molar-refractivity contribution in [3.8, 4) is 0 Å². The topological polar surface area (TPSA) is 67.1 Å². The summed E-state index contributed by atoms with van der Waals surface area (Å²) >= 11 is 5.24. The molecule has 2 aromatic heterocycles. The smallest absolute Gasteiger partial charge is 0.191 e. The number of halogens is 1. The summed E-state index contributed by atoms with van der Waals surface area (Å²) in [6, 6.07) is 4.22. The van der Waals surface area contributed by atoms with E-state index in [-0.39, 0.29) is 0 Å². The highest BCUT2D eigenvalue weighted by atomic mass is 79.9. The van der Waals surface area contributed by atoms with Crippen LogP contribution in [0, 0.1) is 0 Å². The molecule has 0 aromatic carbocycles. The standard InChI is InChI=1S/C13H19BrN6S/c1-3-15-13(17-8-12-18-9-19-20(12)2)16-7-6-10-4-5-11(14)21-10/h4-5,9H,3,6-8H2,1-2H3,(H2,15,16,17). The monoisotopic (exact) mass is 370 g/mol. The van der Waals surface area contributed by atoms with Crippen LogP contribution in [-0.4, -0.2) is 33.8 Å². The molecule has 0 atom stereocenters. The molecule has 2 N–H and O–H groups in total. The number of nitrogens with one attached hydrogen (secondary N) is 2. The fourth-order valence-electron chi connectivity index (χ4n) is 1.75. The highest BCUT2D eigenvalue weighted by molar-refractivity contribution is 9.11. The third-order valence-corrected chi connectivity index (χ3v) is 4.50. The van der Waals surface area contributed by atoms with Gasteiger partial charge < -0.3 is 10.6 Å². The molecule has 0 amide bonds. The van der Waals surface area contributed by atoms with Gasteiger partial charge in [-0.25, -0.2) is 9.98 Å². The van der Waals surface area contributed by atoms with E-state index in [9.17, 15) is 0 Å². The second-order valence-electron chi connectivity index (χ2n) is 4.38. The van der Waals surface area contributed by atoms with Gasteiger partial charge in [0.15, 0.2) is 5.96 Å². The summed E-state index contributed by atoms with van der Waals surface area (Å²) in [6.07, 6.45) is 2.52. The highest BCUT2D eigenvalue weighted by Gasteiger charge is 2.02. The molecule has 0 fully saturated rings. The van der Waals surface area contributed by atoms with Gasteiger partial charge in [-0.15, -0.1) is 11.3 Å². The molecule has 21 heavy (non-hydrogen) atoms. The normalized spacial score (nSPS) is 11.7. The molecule has 0 saturated carbocycles. The van der Waals surface area contributed by atoms with Crippen LogP contribution in [0.15, 0.2) is 27.2 Å². The Kier molecular flexibility index (Phi) is 6.19. The molecule has 0 bridgehead atoms. The quantitative estimate of drug-likeness (QED) is 0.602. The predicted molar refractivity (Wildman–Crippen MR) is 89.5 cm³/mol. The summed E-state index contributed by atoms with van der Waals surface area (Å²) < 4.78 is 2.90. The fraction of sp³-hybridized carbons (Fsp3) is 0.462. The largest absolute Gasteiger partial charge is 0.357 e. The molecule has 6 nitrogen and oxygen atoms in total. The molecule has 0 unspecified atom stereocenters. The number of hydrogen-bond donors (Lipinski definition) is 2. The van der Waals surface area contributed by atoms with Crippen molar-refractivity contribution in [1.29, 1.82) is 0 Å². The first kappa shape index (κ1) is 16.0. The third-order valence-electron chi connectivity index (χ3n) is 2.82.